The number of hydroxylamine groups is 1. The van der Waals surface area contributed by atoms with Crippen LogP contribution in [0.25, 0.3) is 5.03 Å². The SMILES string of the molecule is C=Nc1cc(C2N=C(C)NO2)sc1/C(Cl)=C\C. The Kier molecular flexibility index (Phi) is 3.61. The summed E-state index contributed by atoms with van der Waals surface area (Å²) >= 11 is 7.62. The van der Waals surface area contributed by atoms with Gasteiger partial charge in [0.15, 0.2) is 0 Å². The van der Waals surface area contributed by atoms with Crippen LogP contribution in [0.5, 0.6) is 0 Å². The second-order valence-electron chi connectivity index (χ2n) is 3.44. The average Bonchev–Trinajstić information content (AvgIpc) is 2.93. The van der Waals surface area contributed by atoms with Gasteiger partial charge in [0.2, 0.25) is 6.23 Å². The second kappa shape index (κ2) is 5.00. The molecule has 1 atom stereocenters. The van der Waals surface area contributed by atoms with Crippen molar-refractivity contribution in [1.29, 1.82) is 0 Å². The lowest BCUT2D eigenvalue weighted by Crippen LogP contribution is -2.12. The molecule has 0 bridgehead atoms. The Labute approximate surface area is 109 Å². The van der Waals surface area contributed by atoms with E-state index < -0.39 is 0 Å². The molecule has 1 aromatic heterocycles. The number of amidine groups is 1. The molecule has 90 valence electrons. The summed E-state index contributed by atoms with van der Waals surface area (Å²) in [4.78, 5) is 15.4. The summed E-state index contributed by atoms with van der Waals surface area (Å²) in [5.74, 6) is 0.759. The molecule has 17 heavy (non-hydrogen) atoms. The lowest BCUT2D eigenvalue weighted by atomic mass is 10.3. The highest BCUT2D eigenvalue weighted by Gasteiger charge is 2.22. The van der Waals surface area contributed by atoms with Crippen molar-refractivity contribution in [2.24, 2.45) is 9.98 Å². The first-order valence-electron chi connectivity index (χ1n) is 5.04. The summed E-state index contributed by atoms with van der Waals surface area (Å²) in [5.41, 5.74) is 3.48. The maximum atomic E-state index is 6.11. The summed E-state index contributed by atoms with van der Waals surface area (Å²) in [7, 11) is 0. The lowest BCUT2D eigenvalue weighted by molar-refractivity contribution is 0.0396. The fraction of sp³-hybridized carbons (Fsp3) is 0.273. The van der Waals surface area contributed by atoms with E-state index in [-0.39, 0.29) is 6.23 Å². The van der Waals surface area contributed by atoms with E-state index in [0.717, 1.165) is 21.3 Å². The van der Waals surface area contributed by atoms with Gasteiger partial charge in [-0.25, -0.2) is 9.83 Å². The Morgan fingerprint density at radius 3 is 3.06 bits per heavy atom. The highest BCUT2D eigenvalue weighted by Crippen LogP contribution is 2.40. The topological polar surface area (TPSA) is 46.0 Å². The van der Waals surface area contributed by atoms with E-state index >= 15 is 0 Å². The van der Waals surface area contributed by atoms with Gasteiger partial charge in [0.05, 0.1) is 20.5 Å². The van der Waals surface area contributed by atoms with Crippen LogP contribution >= 0.6 is 22.9 Å². The number of halogens is 1. The molecule has 0 radical (unpaired) electrons. The van der Waals surface area contributed by atoms with Gasteiger partial charge in [0.25, 0.3) is 0 Å². The number of thiophene rings is 1. The van der Waals surface area contributed by atoms with Crippen molar-refractivity contribution in [2.75, 3.05) is 0 Å². The molecule has 0 saturated heterocycles. The molecule has 1 aromatic rings. The zero-order chi connectivity index (χ0) is 12.4. The van der Waals surface area contributed by atoms with Crippen LogP contribution in [-0.2, 0) is 4.84 Å². The van der Waals surface area contributed by atoms with Gasteiger partial charge < -0.3 is 0 Å². The summed E-state index contributed by atoms with van der Waals surface area (Å²) in [6, 6.07) is 1.90. The van der Waals surface area contributed by atoms with Crippen molar-refractivity contribution >= 4 is 46.2 Å². The molecule has 6 heteroatoms. The number of aliphatic imine (C=N–C) groups is 2. The summed E-state index contributed by atoms with van der Waals surface area (Å²) in [6.07, 6.45) is 1.50. The number of rotatable bonds is 3. The van der Waals surface area contributed by atoms with Gasteiger partial charge >= 0.3 is 0 Å². The molecule has 2 heterocycles. The molecule has 0 spiro atoms. The number of nitrogens with one attached hydrogen (secondary N) is 1. The van der Waals surface area contributed by atoms with Gasteiger partial charge in [0.1, 0.15) is 5.84 Å². The van der Waals surface area contributed by atoms with Crippen LogP contribution in [0.2, 0.25) is 0 Å². The van der Waals surface area contributed by atoms with E-state index in [1.54, 1.807) is 0 Å². The van der Waals surface area contributed by atoms with Crippen molar-refractivity contribution in [2.45, 2.75) is 20.1 Å². The normalized spacial score (nSPS) is 20.1. The fourth-order valence-electron chi connectivity index (χ4n) is 1.43. The number of hydrogen-bond acceptors (Lipinski definition) is 5. The zero-order valence-corrected chi connectivity index (χ0v) is 11.1. The van der Waals surface area contributed by atoms with Crippen molar-refractivity contribution < 1.29 is 4.84 Å². The minimum absolute atomic E-state index is 0.324. The molecule has 2 rings (SSSR count). The first-order valence-corrected chi connectivity index (χ1v) is 6.24. The quantitative estimate of drug-likeness (QED) is 0.852. The molecule has 1 unspecified atom stereocenters. The van der Waals surface area contributed by atoms with Crippen molar-refractivity contribution in [3.05, 3.63) is 21.9 Å². The Morgan fingerprint density at radius 2 is 2.53 bits per heavy atom. The molecule has 0 fully saturated rings. The maximum Gasteiger partial charge on any atom is 0.211 e. The third-order valence-corrected chi connectivity index (χ3v) is 3.95. The minimum Gasteiger partial charge on any atom is -0.263 e. The number of hydrogen-bond donors (Lipinski definition) is 1. The Balaban J connectivity index is 2.38. The largest absolute Gasteiger partial charge is 0.263 e. The Hall–Kier alpha value is -1.17. The fourth-order valence-corrected chi connectivity index (χ4v) is 2.70. The van der Waals surface area contributed by atoms with Gasteiger partial charge in [-0.05, 0) is 26.6 Å². The Morgan fingerprint density at radius 1 is 1.76 bits per heavy atom. The molecular formula is C11H12ClN3OS. The van der Waals surface area contributed by atoms with Gasteiger partial charge in [-0.2, -0.15) is 0 Å². The highest BCUT2D eigenvalue weighted by atomic mass is 35.5. The first-order chi connectivity index (χ1) is 8.15. The van der Waals surface area contributed by atoms with Crippen molar-refractivity contribution in [1.82, 2.24) is 5.48 Å². The predicted octanol–water partition coefficient (Wildman–Crippen LogP) is 3.63. The van der Waals surface area contributed by atoms with Crippen LogP contribution in [0, 0.1) is 0 Å². The molecule has 0 aliphatic carbocycles. The van der Waals surface area contributed by atoms with Crippen LogP contribution < -0.4 is 5.48 Å². The van der Waals surface area contributed by atoms with E-state index in [1.165, 1.54) is 11.3 Å². The van der Waals surface area contributed by atoms with Gasteiger partial charge in [0, 0.05) is 0 Å². The van der Waals surface area contributed by atoms with Crippen LogP contribution in [-0.4, -0.2) is 12.6 Å². The molecule has 1 aliphatic heterocycles. The summed E-state index contributed by atoms with van der Waals surface area (Å²) in [5, 5.41) is 0.662. The summed E-state index contributed by atoms with van der Waals surface area (Å²) < 4.78 is 0. The second-order valence-corrected chi connectivity index (χ2v) is 4.94. The van der Waals surface area contributed by atoms with Crippen LogP contribution in [0.1, 0.15) is 29.8 Å². The molecule has 0 amide bonds. The average molecular weight is 270 g/mol. The highest BCUT2D eigenvalue weighted by molar-refractivity contribution is 7.14. The smallest absolute Gasteiger partial charge is 0.211 e. The van der Waals surface area contributed by atoms with Gasteiger partial charge in [-0.3, -0.25) is 10.5 Å². The first kappa shape index (κ1) is 12.3. The van der Waals surface area contributed by atoms with Crippen molar-refractivity contribution in [3.8, 4) is 0 Å². The molecule has 0 saturated carbocycles. The van der Waals surface area contributed by atoms with Gasteiger partial charge in [-0.15, -0.1) is 11.3 Å². The minimum atomic E-state index is -0.324. The van der Waals surface area contributed by atoms with E-state index in [1.807, 2.05) is 26.0 Å². The van der Waals surface area contributed by atoms with E-state index in [9.17, 15) is 0 Å². The summed E-state index contributed by atoms with van der Waals surface area (Å²) in [6.45, 7) is 7.27. The van der Waals surface area contributed by atoms with E-state index in [4.69, 9.17) is 16.4 Å². The van der Waals surface area contributed by atoms with E-state index in [0.29, 0.717) is 5.03 Å². The number of nitrogens with zero attached hydrogens (tertiary/aromatic N) is 2. The predicted molar refractivity (Wildman–Crippen MR) is 73.1 cm³/mol. The number of allylic oxidation sites excluding steroid dienone is 1. The van der Waals surface area contributed by atoms with Crippen molar-refractivity contribution in [3.63, 3.8) is 0 Å². The standard InChI is InChI=1S/C11H12ClN3OS/c1-4-7(12)10-8(13-3)5-9(17-10)11-14-6(2)15-16-11/h4-5,11H,3H2,1-2H3,(H,14,15)/b7-4+. The molecule has 1 aliphatic rings. The third-order valence-electron chi connectivity index (χ3n) is 2.24. The molecule has 4 nitrogen and oxygen atoms in total. The molecular weight excluding hydrogens is 258 g/mol. The van der Waals surface area contributed by atoms with Crippen LogP contribution in [0.15, 0.2) is 22.1 Å². The molecule has 1 N–H and O–H groups in total. The Bertz CT molecular complexity index is 507. The monoisotopic (exact) mass is 269 g/mol. The van der Waals surface area contributed by atoms with Crippen LogP contribution in [0.3, 0.4) is 0 Å². The van der Waals surface area contributed by atoms with Crippen LogP contribution in [0.4, 0.5) is 5.69 Å². The maximum absolute atomic E-state index is 6.11. The lowest BCUT2D eigenvalue weighted by Gasteiger charge is -2.01. The zero-order valence-electron chi connectivity index (χ0n) is 9.53. The third kappa shape index (κ3) is 2.41. The molecule has 0 aromatic carbocycles. The van der Waals surface area contributed by atoms with E-state index in [2.05, 4.69) is 22.2 Å². The van der Waals surface area contributed by atoms with Gasteiger partial charge in [-0.1, -0.05) is 17.7 Å².